The van der Waals surface area contributed by atoms with Gasteiger partial charge in [0.15, 0.2) is 5.58 Å². The van der Waals surface area contributed by atoms with Crippen molar-refractivity contribution >= 4 is 28.1 Å². The number of para-hydroxylation sites is 4. The van der Waals surface area contributed by atoms with Crippen molar-refractivity contribution in [1.82, 2.24) is 14.5 Å². The molecule has 26 heavy (non-hydrogen) atoms. The predicted molar refractivity (Wildman–Crippen MR) is 104 cm³/mol. The SMILES string of the molecule is CCc1nc2ccccc2n1C1CCN(c2nc3ccccc3o2)CC1. The molecule has 0 N–H and O–H groups in total. The fourth-order valence-electron chi connectivity index (χ4n) is 4.06. The van der Waals surface area contributed by atoms with E-state index < -0.39 is 0 Å². The first kappa shape index (κ1) is 15.4. The van der Waals surface area contributed by atoms with Crippen molar-refractivity contribution in [2.45, 2.75) is 32.2 Å². The lowest BCUT2D eigenvalue weighted by Gasteiger charge is -2.32. The first-order valence-electron chi connectivity index (χ1n) is 9.40. The number of hydrogen-bond acceptors (Lipinski definition) is 4. The molecule has 0 aliphatic carbocycles. The highest BCUT2D eigenvalue weighted by atomic mass is 16.4. The van der Waals surface area contributed by atoms with E-state index in [0.717, 1.165) is 55.0 Å². The number of anilines is 1. The molecule has 1 saturated heterocycles. The Labute approximate surface area is 152 Å². The van der Waals surface area contributed by atoms with E-state index in [0.29, 0.717) is 6.04 Å². The van der Waals surface area contributed by atoms with Gasteiger partial charge < -0.3 is 13.9 Å². The number of rotatable bonds is 3. The summed E-state index contributed by atoms with van der Waals surface area (Å²) in [5, 5.41) is 0. The molecule has 0 radical (unpaired) electrons. The zero-order chi connectivity index (χ0) is 17.5. The van der Waals surface area contributed by atoms with Crippen molar-refractivity contribution in [2.75, 3.05) is 18.0 Å². The smallest absolute Gasteiger partial charge is 0.298 e. The lowest BCUT2D eigenvalue weighted by Crippen LogP contribution is -2.35. The van der Waals surface area contributed by atoms with Gasteiger partial charge in [0.1, 0.15) is 11.3 Å². The highest BCUT2D eigenvalue weighted by Crippen LogP contribution is 2.31. The Morgan fingerprint density at radius 3 is 2.46 bits per heavy atom. The third kappa shape index (κ3) is 2.46. The maximum absolute atomic E-state index is 5.94. The fourth-order valence-corrected chi connectivity index (χ4v) is 4.06. The van der Waals surface area contributed by atoms with Crippen LogP contribution in [0, 0.1) is 0 Å². The van der Waals surface area contributed by atoms with E-state index in [1.807, 2.05) is 24.3 Å². The number of piperidine rings is 1. The summed E-state index contributed by atoms with van der Waals surface area (Å²) in [5.41, 5.74) is 4.15. The Kier molecular flexibility index (Phi) is 3.66. The molecule has 5 heteroatoms. The number of hydrogen-bond donors (Lipinski definition) is 0. The fraction of sp³-hybridized carbons (Fsp3) is 0.333. The van der Waals surface area contributed by atoms with Crippen LogP contribution in [0.5, 0.6) is 0 Å². The average Bonchev–Trinajstić information content (AvgIpc) is 3.29. The molecule has 0 saturated carbocycles. The molecule has 0 atom stereocenters. The zero-order valence-electron chi connectivity index (χ0n) is 14.9. The number of oxazole rings is 1. The summed E-state index contributed by atoms with van der Waals surface area (Å²) < 4.78 is 8.40. The largest absolute Gasteiger partial charge is 0.423 e. The van der Waals surface area contributed by atoms with Gasteiger partial charge in [0.25, 0.3) is 6.01 Å². The van der Waals surface area contributed by atoms with Gasteiger partial charge in [0.2, 0.25) is 0 Å². The molecule has 2 aromatic carbocycles. The molecular formula is C21H22N4O. The molecule has 0 spiro atoms. The standard InChI is InChI=1S/C21H22N4O/c1-2-20-22-16-7-3-5-9-18(16)25(20)15-11-13-24(14-12-15)21-23-17-8-4-6-10-19(17)26-21/h3-10,15H,2,11-14H2,1H3. The summed E-state index contributed by atoms with van der Waals surface area (Å²) in [4.78, 5) is 11.7. The maximum atomic E-state index is 5.94. The van der Waals surface area contributed by atoms with Crippen molar-refractivity contribution in [3.05, 3.63) is 54.4 Å². The van der Waals surface area contributed by atoms with Crippen molar-refractivity contribution in [3.8, 4) is 0 Å². The third-order valence-corrected chi connectivity index (χ3v) is 5.37. The summed E-state index contributed by atoms with van der Waals surface area (Å²) in [6, 6.07) is 17.7. The number of imidazole rings is 1. The van der Waals surface area contributed by atoms with Gasteiger partial charge in [-0.25, -0.2) is 4.98 Å². The summed E-state index contributed by atoms with van der Waals surface area (Å²) in [6.45, 7) is 4.09. The minimum atomic E-state index is 0.484. The topological polar surface area (TPSA) is 47.1 Å². The molecule has 0 unspecified atom stereocenters. The number of fused-ring (bicyclic) bond motifs is 2. The van der Waals surface area contributed by atoms with Crippen LogP contribution in [0.2, 0.25) is 0 Å². The zero-order valence-corrected chi connectivity index (χ0v) is 14.9. The van der Waals surface area contributed by atoms with Crippen LogP contribution in [0.3, 0.4) is 0 Å². The van der Waals surface area contributed by atoms with E-state index in [1.54, 1.807) is 0 Å². The van der Waals surface area contributed by atoms with E-state index in [2.05, 4.69) is 45.6 Å². The maximum Gasteiger partial charge on any atom is 0.298 e. The van der Waals surface area contributed by atoms with E-state index in [-0.39, 0.29) is 0 Å². The molecule has 1 aliphatic heterocycles. The van der Waals surface area contributed by atoms with Crippen LogP contribution in [-0.4, -0.2) is 27.6 Å². The van der Waals surface area contributed by atoms with Gasteiger partial charge in [0, 0.05) is 25.6 Å². The van der Waals surface area contributed by atoms with Crippen LogP contribution < -0.4 is 4.90 Å². The van der Waals surface area contributed by atoms with Crippen molar-refractivity contribution < 1.29 is 4.42 Å². The van der Waals surface area contributed by atoms with Crippen molar-refractivity contribution in [1.29, 1.82) is 0 Å². The van der Waals surface area contributed by atoms with Gasteiger partial charge >= 0.3 is 0 Å². The van der Waals surface area contributed by atoms with Crippen molar-refractivity contribution in [2.24, 2.45) is 0 Å². The number of aromatic nitrogens is 3. The molecule has 0 bridgehead atoms. The van der Waals surface area contributed by atoms with Crippen LogP contribution in [0.25, 0.3) is 22.1 Å². The van der Waals surface area contributed by atoms with Gasteiger partial charge in [-0.3, -0.25) is 0 Å². The van der Waals surface area contributed by atoms with Crippen LogP contribution in [0.4, 0.5) is 6.01 Å². The summed E-state index contributed by atoms with van der Waals surface area (Å²) >= 11 is 0. The predicted octanol–water partition coefficient (Wildman–Crippen LogP) is 4.58. The van der Waals surface area contributed by atoms with Gasteiger partial charge in [0.05, 0.1) is 11.0 Å². The Morgan fingerprint density at radius 2 is 1.69 bits per heavy atom. The number of aryl methyl sites for hydroxylation is 1. The molecule has 4 aromatic rings. The Morgan fingerprint density at radius 1 is 0.962 bits per heavy atom. The number of benzene rings is 2. The molecule has 132 valence electrons. The molecule has 0 amide bonds. The third-order valence-electron chi connectivity index (χ3n) is 5.37. The second-order valence-electron chi connectivity index (χ2n) is 6.92. The minimum Gasteiger partial charge on any atom is -0.423 e. The summed E-state index contributed by atoms with van der Waals surface area (Å²) in [6.07, 6.45) is 3.11. The Hall–Kier alpha value is -2.82. The van der Waals surface area contributed by atoms with E-state index in [4.69, 9.17) is 9.40 Å². The molecule has 5 nitrogen and oxygen atoms in total. The first-order valence-corrected chi connectivity index (χ1v) is 9.40. The Bertz CT molecular complexity index is 1020. The molecule has 1 aliphatic rings. The molecule has 2 aromatic heterocycles. The number of nitrogens with zero attached hydrogens (tertiary/aromatic N) is 4. The summed E-state index contributed by atoms with van der Waals surface area (Å²) in [5.74, 6) is 1.19. The van der Waals surface area contributed by atoms with E-state index in [1.165, 1.54) is 11.3 Å². The van der Waals surface area contributed by atoms with E-state index in [9.17, 15) is 0 Å². The van der Waals surface area contributed by atoms with Gasteiger partial charge in [-0.05, 0) is 37.1 Å². The molecule has 5 rings (SSSR count). The highest BCUT2D eigenvalue weighted by molar-refractivity contribution is 5.76. The van der Waals surface area contributed by atoms with Gasteiger partial charge in [-0.2, -0.15) is 4.98 Å². The van der Waals surface area contributed by atoms with Crippen LogP contribution in [-0.2, 0) is 6.42 Å². The van der Waals surface area contributed by atoms with Gasteiger partial charge in [-0.1, -0.05) is 31.2 Å². The van der Waals surface area contributed by atoms with Crippen LogP contribution in [0.1, 0.15) is 31.6 Å². The lowest BCUT2D eigenvalue weighted by atomic mass is 10.0. The Balaban J connectivity index is 1.40. The minimum absolute atomic E-state index is 0.484. The van der Waals surface area contributed by atoms with Crippen LogP contribution in [0.15, 0.2) is 52.9 Å². The van der Waals surface area contributed by atoms with Gasteiger partial charge in [-0.15, -0.1) is 0 Å². The van der Waals surface area contributed by atoms with E-state index >= 15 is 0 Å². The molecule has 1 fully saturated rings. The normalized spacial score (nSPS) is 16.0. The average molecular weight is 346 g/mol. The monoisotopic (exact) mass is 346 g/mol. The molecular weight excluding hydrogens is 324 g/mol. The second kappa shape index (κ2) is 6.16. The van der Waals surface area contributed by atoms with Crippen LogP contribution >= 0.6 is 0 Å². The van der Waals surface area contributed by atoms with Crippen molar-refractivity contribution in [3.63, 3.8) is 0 Å². The quantitative estimate of drug-likeness (QED) is 0.545. The highest BCUT2D eigenvalue weighted by Gasteiger charge is 2.26. The second-order valence-corrected chi connectivity index (χ2v) is 6.92. The molecule has 3 heterocycles. The first-order chi connectivity index (χ1) is 12.8. The lowest BCUT2D eigenvalue weighted by molar-refractivity contribution is 0.382. The summed E-state index contributed by atoms with van der Waals surface area (Å²) in [7, 11) is 0.